The number of hydrogen-bond donors (Lipinski definition) is 0. The van der Waals surface area contributed by atoms with E-state index in [4.69, 9.17) is 0 Å². The smallest absolute Gasteiger partial charge is 0.283 e. The summed E-state index contributed by atoms with van der Waals surface area (Å²) in [5.41, 5.74) is 0.0883. The van der Waals surface area contributed by atoms with E-state index in [2.05, 4.69) is 0 Å². The summed E-state index contributed by atoms with van der Waals surface area (Å²) in [4.78, 5) is 21.9. The third kappa shape index (κ3) is 4.99. The van der Waals surface area contributed by atoms with Gasteiger partial charge in [0, 0.05) is 23.6 Å². The van der Waals surface area contributed by atoms with E-state index in [1.807, 2.05) is 0 Å². The third-order valence-electron chi connectivity index (χ3n) is 2.27. The maximum Gasteiger partial charge on any atom is 0.283 e. The number of hydrogen-bond acceptors (Lipinski definition) is 6. The van der Waals surface area contributed by atoms with E-state index in [9.17, 15) is 23.3 Å². The molecule has 0 aliphatic rings. The number of rotatable bonds is 6. The van der Waals surface area contributed by atoms with Gasteiger partial charge in [0.25, 0.3) is 5.69 Å². The fourth-order valence-electron chi connectivity index (χ4n) is 1.30. The topological polar surface area (TPSA) is 94.3 Å². The highest BCUT2D eigenvalue weighted by molar-refractivity contribution is 8.00. The molecule has 0 amide bonds. The van der Waals surface area contributed by atoms with E-state index in [0.717, 1.165) is 18.0 Å². The number of nitro groups is 1. The molecule has 1 aromatic rings. The highest BCUT2D eigenvalue weighted by Gasteiger charge is 2.17. The Bertz CT molecular complexity index is 610. The Morgan fingerprint density at radius 1 is 1.42 bits per heavy atom. The Morgan fingerprint density at radius 3 is 2.53 bits per heavy atom. The fourth-order valence-corrected chi connectivity index (χ4v) is 3.51. The van der Waals surface area contributed by atoms with Crippen LogP contribution in [-0.2, 0) is 9.84 Å². The van der Waals surface area contributed by atoms with E-state index < -0.39 is 14.8 Å². The van der Waals surface area contributed by atoms with E-state index in [1.165, 1.54) is 25.1 Å². The van der Waals surface area contributed by atoms with Crippen LogP contribution in [-0.4, -0.2) is 36.9 Å². The zero-order valence-electron chi connectivity index (χ0n) is 10.5. The van der Waals surface area contributed by atoms with Gasteiger partial charge in [-0.15, -0.1) is 11.8 Å². The predicted octanol–water partition coefficient (Wildman–Crippen LogP) is 1.93. The molecular formula is C11H13NO5S2. The van der Waals surface area contributed by atoms with Crippen LogP contribution in [0.4, 0.5) is 5.69 Å². The van der Waals surface area contributed by atoms with Gasteiger partial charge in [-0.2, -0.15) is 0 Å². The monoisotopic (exact) mass is 303 g/mol. The zero-order valence-corrected chi connectivity index (χ0v) is 12.1. The molecule has 0 spiro atoms. The highest BCUT2D eigenvalue weighted by atomic mass is 32.2. The molecule has 0 saturated carbocycles. The number of carbonyl (C=O) groups is 1. The summed E-state index contributed by atoms with van der Waals surface area (Å²) < 4.78 is 22.0. The minimum absolute atomic E-state index is 0.0523. The lowest BCUT2D eigenvalue weighted by molar-refractivity contribution is -0.387. The summed E-state index contributed by atoms with van der Waals surface area (Å²) in [5.74, 6) is -0.0710. The van der Waals surface area contributed by atoms with Gasteiger partial charge in [0.1, 0.15) is 9.84 Å². The highest BCUT2D eigenvalue weighted by Crippen LogP contribution is 2.30. The summed E-state index contributed by atoms with van der Waals surface area (Å²) >= 11 is 1.09. The lowest BCUT2D eigenvalue weighted by atomic mass is 10.1. The van der Waals surface area contributed by atoms with Crippen LogP contribution >= 0.6 is 11.8 Å². The molecule has 0 N–H and O–H groups in total. The first-order valence-electron chi connectivity index (χ1n) is 5.30. The largest absolute Gasteiger partial charge is 0.295 e. The summed E-state index contributed by atoms with van der Waals surface area (Å²) in [6, 6.07) is 4.19. The molecule has 0 aliphatic carbocycles. The van der Waals surface area contributed by atoms with Crippen molar-refractivity contribution in [1.29, 1.82) is 0 Å². The van der Waals surface area contributed by atoms with E-state index in [-0.39, 0.29) is 28.5 Å². The Hall–Kier alpha value is -1.41. The van der Waals surface area contributed by atoms with Crippen molar-refractivity contribution in [3.05, 3.63) is 33.9 Å². The van der Waals surface area contributed by atoms with Gasteiger partial charge in [-0.05, 0) is 19.1 Å². The molecule has 0 aromatic heterocycles. The summed E-state index contributed by atoms with van der Waals surface area (Å²) in [6.07, 6.45) is 1.11. The van der Waals surface area contributed by atoms with Crippen molar-refractivity contribution in [3.63, 3.8) is 0 Å². The van der Waals surface area contributed by atoms with Crippen LogP contribution in [0.5, 0.6) is 0 Å². The average molecular weight is 303 g/mol. The van der Waals surface area contributed by atoms with Gasteiger partial charge in [-0.25, -0.2) is 8.42 Å². The van der Waals surface area contributed by atoms with Crippen LogP contribution in [0.3, 0.4) is 0 Å². The summed E-state index contributed by atoms with van der Waals surface area (Å²) in [7, 11) is -3.09. The van der Waals surface area contributed by atoms with E-state index in [0.29, 0.717) is 4.90 Å². The molecule has 1 rings (SSSR count). The fraction of sp³-hybridized carbons (Fsp3) is 0.364. The van der Waals surface area contributed by atoms with Crippen molar-refractivity contribution in [2.24, 2.45) is 0 Å². The average Bonchev–Trinajstić information content (AvgIpc) is 2.27. The maximum absolute atomic E-state index is 11.2. The molecule has 0 atom stereocenters. The minimum Gasteiger partial charge on any atom is -0.295 e. The maximum atomic E-state index is 11.2. The van der Waals surface area contributed by atoms with Crippen molar-refractivity contribution < 1.29 is 18.1 Å². The molecule has 0 heterocycles. The van der Waals surface area contributed by atoms with Crippen LogP contribution in [0.25, 0.3) is 0 Å². The van der Waals surface area contributed by atoms with Gasteiger partial charge in [0.05, 0.1) is 15.6 Å². The normalized spacial score (nSPS) is 11.3. The van der Waals surface area contributed by atoms with E-state index in [1.54, 1.807) is 0 Å². The second kappa shape index (κ2) is 6.16. The molecule has 8 heteroatoms. The summed E-state index contributed by atoms with van der Waals surface area (Å²) in [5, 5.41) is 10.9. The number of sulfone groups is 1. The van der Waals surface area contributed by atoms with Gasteiger partial charge in [0.2, 0.25) is 0 Å². The van der Waals surface area contributed by atoms with Crippen LogP contribution in [0.15, 0.2) is 23.1 Å². The number of carbonyl (C=O) groups excluding carboxylic acids is 1. The first-order chi connectivity index (χ1) is 8.70. The third-order valence-corrected chi connectivity index (χ3v) is 4.54. The Labute approximate surface area is 115 Å². The van der Waals surface area contributed by atoms with Gasteiger partial charge in [-0.1, -0.05) is 0 Å². The number of ketones is 1. The molecular weight excluding hydrogens is 290 g/mol. The van der Waals surface area contributed by atoms with Gasteiger partial charge >= 0.3 is 0 Å². The molecule has 0 unspecified atom stereocenters. The van der Waals surface area contributed by atoms with Crippen molar-refractivity contribution in [2.75, 3.05) is 17.8 Å². The van der Waals surface area contributed by atoms with Gasteiger partial charge in [0.15, 0.2) is 5.78 Å². The second-order valence-electron chi connectivity index (χ2n) is 3.97. The molecule has 19 heavy (non-hydrogen) atoms. The standard InChI is InChI=1S/C11H13NO5S2/c1-8(13)9-3-4-11(10(7-9)12(14)15)18-5-6-19(2,16)17/h3-4,7H,5-6H2,1-2H3. The minimum atomic E-state index is -3.09. The first kappa shape index (κ1) is 15.6. The first-order valence-corrected chi connectivity index (χ1v) is 8.35. The number of nitro benzene ring substituents is 1. The van der Waals surface area contributed by atoms with Crippen LogP contribution in [0.2, 0.25) is 0 Å². The predicted molar refractivity (Wildman–Crippen MR) is 73.5 cm³/mol. The molecule has 0 aliphatic heterocycles. The van der Waals surface area contributed by atoms with Crippen molar-refractivity contribution in [2.45, 2.75) is 11.8 Å². The van der Waals surface area contributed by atoms with E-state index >= 15 is 0 Å². The lowest BCUT2D eigenvalue weighted by Gasteiger charge is -2.04. The van der Waals surface area contributed by atoms with Crippen molar-refractivity contribution >= 4 is 33.1 Å². The molecule has 0 fully saturated rings. The second-order valence-corrected chi connectivity index (χ2v) is 7.37. The molecule has 1 aromatic carbocycles. The zero-order chi connectivity index (χ0) is 14.6. The van der Waals surface area contributed by atoms with Crippen molar-refractivity contribution in [3.8, 4) is 0 Å². The number of thioether (sulfide) groups is 1. The quantitative estimate of drug-likeness (QED) is 0.345. The molecule has 104 valence electrons. The lowest BCUT2D eigenvalue weighted by Crippen LogP contribution is -2.05. The number of benzene rings is 1. The Kier molecular flexibility index (Phi) is 5.07. The van der Waals surface area contributed by atoms with Gasteiger partial charge in [-0.3, -0.25) is 14.9 Å². The molecule has 0 saturated heterocycles. The van der Waals surface area contributed by atoms with Crippen LogP contribution in [0, 0.1) is 10.1 Å². The molecule has 0 bridgehead atoms. The van der Waals surface area contributed by atoms with Crippen LogP contribution < -0.4 is 0 Å². The van der Waals surface area contributed by atoms with Crippen LogP contribution in [0.1, 0.15) is 17.3 Å². The van der Waals surface area contributed by atoms with Gasteiger partial charge < -0.3 is 0 Å². The Morgan fingerprint density at radius 2 is 2.05 bits per heavy atom. The number of nitrogens with zero attached hydrogens (tertiary/aromatic N) is 1. The molecule has 0 radical (unpaired) electrons. The Balaban J connectivity index is 2.94. The van der Waals surface area contributed by atoms with Crippen molar-refractivity contribution in [1.82, 2.24) is 0 Å². The SMILES string of the molecule is CC(=O)c1ccc(SCCS(C)(=O)=O)c([N+](=O)[O-])c1. The number of Topliss-reactive ketones (excluding diaryl/α,β-unsaturated/α-hetero) is 1. The molecule has 6 nitrogen and oxygen atoms in total. The summed E-state index contributed by atoms with van der Waals surface area (Å²) in [6.45, 7) is 1.33.